The van der Waals surface area contributed by atoms with E-state index in [0.717, 1.165) is 26.2 Å². The van der Waals surface area contributed by atoms with Gasteiger partial charge in [0.05, 0.1) is 18.3 Å². The Hall–Kier alpha value is -0.120. The van der Waals surface area contributed by atoms with Crippen molar-refractivity contribution < 1.29 is 9.47 Å². The molecule has 1 atom stereocenters. The summed E-state index contributed by atoms with van der Waals surface area (Å²) in [4.78, 5) is 0. The molecule has 1 heterocycles. The van der Waals surface area contributed by atoms with Gasteiger partial charge in [0.15, 0.2) is 0 Å². The molecule has 0 amide bonds. The van der Waals surface area contributed by atoms with Gasteiger partial charge in [-0.2, -0.15) is 0 Å². The molecule has 2 aliphatic rings. The number of hydrogen-bond acceptors (Lipinski definition) is 3. The van der Waals surface area contributed by atoms with E-state index >= 15 is 0 Å². The molecule has 1 saturated heterocycles. The average Bonchev–Trinajstić information content (AvgIpc) is 2.72. The maximum atomic E-state index is 6.48. The van der Waals surface area contributed by atoms with Crippen LogP contribution in [0.4, 0.5) is 0 Å². The predicted octanol–water partition coefficient (Wildman–Crippen LogP) is 2.88. The summed E-state index contributed by atoms with van der Waals surface area (Å²) in [6, 6.07) is 0.536. The van der Waals surface area contributed by atoms with Crippen LogP contribution in [0.25, 0.3) is 0 Å². The second kappa shape index (κ2) is 6.88. The second-order valence-corrected chi connectivity index (χ2v) is 6.24. The van der Waals surface area contributed by atoms with Gasteiger partial charge in [-0.05, 0) is 19.3 Å². The van der Waals surface area contributed by atoms with Crippen molar-refractivity contribution in [2.45, 2.75) is 76.5 Å². The molecular formula is C15H29NO2. The summed E-state index contributed by atoms with van der Waals surface area (Å²) >= 11 is 0. The van der Waals surface area contributed by atoms with Crippen molar-refractivity contribution in [3.05, 3.63) is 0 Å². The van der Waals surface area contributed by atoms with Crippen molar-refractivity contribution in [1.29, 1.82) is 0 Å². The Morgan fingerprint density at radius 1 is 1.22 bits per heavy atom. The van der Waals surface area contributed by atoms with E-state index < -0.39 is 0 Å². The highest BCUT2D eigenvalue weighted by Crippen LogP contribution is 2.32. The number of ether oxygens (including phenoxy) is 2. The summed E-state index contributed by atoms with van der Waals surface area (Å²) in [5, 5.41) is 3.59. The molecule has 1 aliphatic heterocycles. The van der Waals surface area contributed by atoms with E-state index in [2.05, 4.69) is 19.2 Å². The molecule has 2 rings (SSSR count). The van der Waals surface area contributed by atoms with Crippen LogP contribution in [0.2, 0.25) is 0 Å². The van der Waals surface area contributed by atoms with Crippen LogP contribution in [-0.4, -0.2) is 37.5 Å². The molecule has 2 fully saturated rings. The standard InChI is InChI=1S/C15H29NO2/c1-13(2)16-12-15(8-5-3-4-6-9-15)18-14-7-10-17-11-14/h13-14,16H,3-12H2,1-2H3. The minimum Gasteiger partial charge on any atom is -0.379 e. The lowest BCUT2D eigenvalue weighted by atomic mass is 9.93. The molecule has 18 heavy (non-hydrogen) atoms. The molecule has 3 nitrogen and oxygen atoms in total. The Bertz CT molecular complexity index is 229. The van der Waals surface area contributed by atoms with Crippen LogP contribution in [0.5, 0.6) is 0 Å². The molecule has 0 aromatic heterocycles. The van der Waals surface area contributed by atoms with Gasteiger partial charge in [-0.3, -0.25) is 0 Å². The zero-order chi connectivity index (χ0) is 12.8. The lowest BCUT2D eigenvalue weighted by Gasteiger charge is -2.36. The first-order chi connectivity index (χ1) is 8.70. The number of nitrogens with one attached hydrogen (secondary N) is 1. The molecule has 1 N–H and O–H groups in total. The van der Waals surface area contributed by atoms with Crippen LogP contribution in [0.1, 0.15) is 58.8 Å². The quantitative estimate of drug-likeness (QED) is 0.766. The van der Waals surface area contributed by atoms with Crippen LogP contribution in [0.3, 0.4) is 0 Å². The average molecular weight is 255 g/mol. The Morgan fingerprint density at radius 3 is 2.50 bits per heavy atom. The highest BCUT2D eigenvalue weighted by molar-refractivity contribution is 4.88. The predicted molar refractivity (Wildman–Crippen MR) is 73.9 cm³/mol. The highest BCUT2D eigenvalue weighted by Gasteiger charge is 2.35. The van der Waals surface area contributed by atoms with Gasteiger partial charge < -0.3 is 14.8 Å². The minimum atomic E-state index is 0.0686. The van der Waals surface area contributed by atoms with Crippen LogP contribution < -0.4 is 5.32 Å². The number of hydrogen-bond donors (Lipinski definition) is 1. The van der Waals surface area contributed by atoms with Crippen LogP contribution in [0, 0.1) is 0 Å². The molecule has 106 valence electrons. The van der Waals surface area contributed by atoms with E-state index in [4.69, 9.17) is 9.47 Å². The molecule has 1 unspecified atom stereocenters. The van der Waals surface area contributed by atoms with Crippen molar-refractivity contribution in [2.75, 3.05) is 19.8 Å². The lowest BCUT2D eigenvalue weighted by Crippen LogP contribution is -2.47. The van der Waals surface area contributed by atoms with Crippen molar-refractivity contribution in [2.24, 2.45) is 0 Å². The summed E-state index contributed by atoms with van der Waals surface area (Å²) in [7, 11) is 0. The highest BCUT2D eigenvalue weighted by atomic mass is 16.6. The SMILES string of the molecule is CC(C)NCC1(OC2CCOC2)CCCCCC1. The van der Waals surface area contributed by atoms with Crippen molar-refractivity contribution in [1.82, 2.24) is 5.32 Å². The first kappa shape index (κ1) is 14.3. The van der Waals surface area contributed by atoms with E-state index in [0.29, 0.717) is 12.1 Å². The van der Waals surface area contributed by atoms with Crippen LogP contribution in [-0.2, 0) is 9.47 Å². The van der Waals surface area contributed by atoms with Crippen molar-refractivity contribution >= 4 is 0 Å². The summed E-state index contributed by atoms with van der Waals surface area (Å²) in [6.45, 7) is 7.09. The molecule has 0 spiro atoms. The zero-order valence-electron chi connectivity index (χ0n) is 12.0. The van der Waals surface area contributed by atoms with Gasteiger partial charge in [0.25, 0.3) is 0 Å². The Kier molecular flexibility index (Phi) is 5.46. The Balaban J connectivity index is 1.94. The van der Waals surface area contributed by atoms with E-state index in [1.54, 1.807) is 0 Å². The maximum Gasteiger partial charge on any atom is 0.0838 e. The summed E-state index contributed by atoms with van der Waals surface area (Å²) in [5.41, 5.74) is 0.0686. The van der Waals surface area contributed by atoms with E-state index in [1.807, 2.05) is 0 Å². The maximum absolute atomic E-state index is 6.48. The second-order valence-electron chi connectivity index (χ2n) is 6.24. The molecule has 1 aliphatic carbocycles. The molecule has 0 bridgehead atoms. The van der Waals surface area contributed by atoms with Crippen LogP contribution in [0.15, 0.2) is 0 Å². The first-order valence-corrected chi connectivity index (χ1v) is 7.69. The summed E-state index contributed by atoms with van der Waals surface area (Å²) in [6.07, 6.45) is 9.19. The van der Waals surface area contributed by atoms with Gasteiger partial charge >= 0.3 is 0 Å². The molecule has 0 radical (unpaired) electrons. The molecule has 0 aromatic rings. The van der Waals surface area contributed by atoms with E-state index in [1.165, 1.54) is 38.5 Å². The van der Waals surface area contributed by atoms with E-state index in [9.17, 15) is 0 Å². The van der Waals surface area contributed by atoms with Crippen molar-refractivity contribution in [3.63, 3.8) is 0 Å². The smallest absolute Gasteiger partial charge is 0.0838 e. The molecule has 0 aromatic carbocycles. The monoisotopic (exact) mass is 255 g/mol. The summed E-state index contributed by atoms with van der Waals surface area (Å²) in [5.74, 6) is 0. The van der Waals surface area contributed by atoms with Gasteiger partial charge in [0.2, 0.25) is 0 Å². The minimum absolute atomic E-state index is 0.0686. The third-order valence-corrected chi connectivity index (χ3v) is 4.15. The molecule has 3 heteroatoms. The van der Waals surface area contributed by atoms with Gasteiger partial charge in [-0.15, -0.1) is 0 Å². The number of rotatable bonds is 5. The van der Waals surface area contributed by atoms with Crippen molar-refractivity contribution in [3.8, 4) is 0 Å². The van der Waals surface area contributed by atoms with Gasteiger partial charge in [0.1, 0.15) is 0 Å². The Morgan fingerprint density at radius 2 is 1.94 bits per heavy atom. The largest absolute Gasteiger partial charge is 0.379 e. The normalized spacial score (nSPS) is 28.5. The zero-order valence-corrected chi connectivity index (χ0v) is 12.0. The Labute approximate surface area is 112 Å². The van der Waals surface area contributed by atoms with Gasteiger partial charge in [-0.25, -0.2) is 0 Å². The fourth-order valence-corrected chi connectivity index (χ4v) is 3.06. The summed E-state index contributed by atoms with van der Waals surface area (Å²) < 4.78 is 11.9. The molecule has 1 saturated carbocycles. The fraction of sp³-hybridized carbons (Fsp3) is 1.00. The fourth-order valence-electron chi connectivity index (χ4n) is 3.06. The topological polar surface area (TPSA) is 30.5 Å². The van der Waals surface area contributed by atoms with Crippen LogP contribution >= 0.6 is 0 Å². The van der Waals surface area contributed by atoms with Gasteiger partial charge in [-0.1, -0.05) is 39.5 Å². The first-order valence-electron chi connectivity index (χ1n) is 7.69. The third-order valence-electron chi connectivity index (χ3n) is 4.15. The molecular weight excluding hydrogens is 226 g/mol. The van der Waals surface area contributed by atoms with E-state index in [-0.39, 0.29) is 5.60 Å². The van der Waals surface area contributed by atoms with Gasteiger partial charge in [0, 0.05) is 19.2 Å². The third kappa shape index (κ3) is 4.22. The lowest BCUT2D eigenvalue weighted by molar-refractivity contribution is -0.102.